The molecule has 0 aromatic heterocycles. The summed E-state index contributed by atoms with van der Waals surface area (Å²) in [6.45, 7) is 12.4. The van der Waals surface area contributed by atoms with Gasteiger partial charge in [-0.3, -0.25) is 9.46 Å². The monoisotopic (exact) mass is 267 g/mol. The molecule has 0 fully saturated rings. The molecule has 5 heteroatoms. The first-order chi connectivity index (χ1) is 7.32. The maximum Gasteiger partial charge on any atom is 0.202 e. The van der Waals surface area contributed by atoms with Crippen LogP contribution in [0.5, 0.6) is 0 Å². The molecule has 0 radical (unpaired) electrons. The summed E-state index contributed by atoms with van der Waals surface area (Å²) >= 11 is 4.50. The van der Waals surface area contributed by atoms with Gasteiger partial charge in [-0.15, -0.1) is 0 Å². The maximum absolute atomic E-state index is 12.2. The Kier molecular flexibility index (Phi) is 8.00. The van der Waals surface area contributed by atoms with Crippen LogP contribution in [-0.4, -0.2) is 42.8 Å². The molecule has 2 atom stereocenters. The average molecular weight is 267 g/mol. The Morgan fingerprint density at radius 3 is 2.19 bits per heavy atom. The zero-order valence-corrected chi connectivity index (χ0v) is 12.9. The summed E-state index contributed by atoms with van der Waals surface area (Å²) in [4.78, 5) is 2.18. The highest BCUT2D eigenvalue weighted by atomic mass is 32.1. The van der Waals surface area contributed by atoms with Crippen LogP contribution in [0.1, 0.15) is 27.7 Å². The van der Waals surface area contributed by atoms with Gasteiger partial charge in [-0.1, -0.05) is 27.7 Å². The van der Waals surface area contributed by atoms with Crippen molar-refractivity contribution in [2.24, 2.45) is 5.92 Å². The fourth-order valence-corrected chi connectivity index (χ4v) is 4.18. The van der Waals surface area contributed by atoms with Gasteiger partial charge in [0, 0.05) is 12.8 Å². The van der Waals surface area contributed by atoms with E-state index in [1.165, 1.54) is 0 Å². The first kappa shape index (κ1) is 16.5. The van der Waals surface area contributed by atoms with Crippen LogP contribution in [-0.2, 0) is 9.09 Å². The second-order valence-corrected chi connectivity index (χ2v) is 7.84. The summed E-state index contributed by atoms with van der Waals surface area (Å²) in [5.74, 6) is 0.417. The largest absolute Gasteiger partial charge is 0.328 e. The van der Waals surface area contributed by atoms with E-state index in [9.17, 15) is 4.57 Å². The Labute approximate surface area is 106 Å². The van der Waals surface area contributed by atoms with E-state index in [1.807, 2.05) is 0 Å². The highest BCUT2D eigenvalue weighted by molar-refractivity contribution is 7.81. The molecule has 2 unspecified atom stereocenters. The highest BCUT2D eigenvalue weighted by Gasteiger charge is 2.23. The summed E-state index contributed by atoms with van der Waals surface area (Å²) in [5, 5.41) is 0.0259. The number of thiol groups is 1. The van der Waals surface area contributed by atoms with Crippen LogP contribution >= 0.6 is 20.0 Å². The van der Waals surface area contributed by atoms with Crippen molar-refractivity contribution in [3.63, 3.8) is 0 Å². The predicted molar refractivity (Wildman–Crippen MR) is 74.9 cm³/mol. The van der Waals surface area contributed by atoms with Gasteiger partial charge < -0.3 is 4.52 Å². The lowest BCUT2D eigenvalue weighted by Gasteiger charge is -2.27. The minimum Gasteiger partial charge on any atom is -0.328 e. The molecule has 0 aromatic rings. The molecule has 0 aliphatic carbocycles. The second-order valence-electron chi connectivity index (χ2n) is 4.59. The molecule has 0 amide bonds. The standard InChI is InChI=1S/C11H26NO2PS/c1-6-12(7-2)11(16)9-15(5,13)14-8-10(3)4/h10-11,16H,6-9H2,1-5H3. The molecule has 0 saturated heterocycles. The van der Waals surface area contributed by atoms with E-state index in [2.05, 4.69) is 45.2 Å². The molecule has 0 bridgehead atoms. The smallest absolute Gasteiger partial charge is 0.202 e. The Bertz CT molecular complexity index is 232. The molecule has 0 aromatic carbocycles. The molecule has 0 spiro atoms. The topological polar surface area (TPSA) is 29.5 Å². The molecule has 0 heterocycles. The lowest BCUT2D eigenvalue weighted by Crippen LogP contribution is -2.33. The van der Waals surface area contributed by atoms with Gasteiger partial charge >= 0.3 is 0 Å². The van der Waals surface area contributed by atoms with Crippen LogP contribution in [0.2, 0.25) is 0 Å². The quantitative estimate of drug-likeness (QED) is 0.416. The average Bonchev–Trinajstić information content (AvgIpc) is 2.16. The lowest BCUT2D eigenvalue weighted by atomic mass is 10.2. The Hall–Kier alpha value is 0.500. The van der Waals surface area contributed by atoms with Crippen LogP contribution in [0.25, 0.3) is 0 Å². The lowest BCUT2D eigenvalue weighted by molar-refractivity contribution is 0.260. The Morgan fingerprint density at radius 1 is 1.31 bits per heavy atom. The molecule has 0 aliphatic rings. The first-order valence-electron chi connectivity index (χ1n) is 5.95. The zero-order valence-electron chi connectivity index (χ0n) is 11.1. The minimum absolute atomic E-state index is 0.0259. The summed E-state index contributed by atoms with van der Waals surface area (Å²) in [6, 6.07) is 0. The van der Waals surface area contributed by atoms with Gasteiger partial charge in [0.1, 0.15) is 0 Å². The van der Waals surface area contributed by atoms with Crippen molar-refractivity contribution in [2.45, 2.75) is 33.1 Å². The molecule has 3 nitrogen and oxygen atoms in total. The van der Waals surface area contributed by atoms with E-state index in [1.54, 1.807) is 6.66 Å². The van der Waals surface area contributed by atoms with E-state index in [0.29, 0.717) is 18.7 Å². The summed E-state index contributed by atoms with van der Waals surface area (Å²) in [5.41, 5.74) is 0. The van der Waals surface area contributed by atoms with E-state index in [0.717, 1.165) is 13.1 Å². The van der Waals surface area contributed by atoms with E-state index in [4.69, 9.17) is 4.52 Å². The Balaban J connectivity index is 4.18. The Morgan fingerprint density at radius 2 is 1.81 bits per heavy atom. The van der Waals surface area contributed by atoms with Crippen molar-refractivity contribution in [2.75, 3.05) is 32.5 Å². The number of hydrogen-bond acceptors (Lipinski definition) is 4. The highest BCUT2D eigenvalue weighted by Crippen LogP contribution is 2.44. The number of nitrogens with zero attached hydrogens (tertiary/aromatic N) is 1. The molecular weight excluding hydrogens is 241 g/mol. The van der Waals surface area contributed by atoms with Crippen molar-refractivity contribution in [3.05, 3.63) is 0 Å². The third kappa shape index (κ3) is 6.95. The predicted octanol–water partition coefficient (Wildman–Crippen LogP) is 3.16. The van der Waals surface area contributed by atoms with Gasteiger partial charge in [-0.05, 0) is 19.0 Å². The third-order valence-corrected chi connectivity index (χ3v) is 4.91. The van der Waals surface area contributed by atoms with E-state index >= 15 is 0 Å². The van der Waals surface area contributed by atoms with Crippen LogP contribution in [0.4, 0.5) is 0 Å². The van der Waals surface area contributed by atoms with Gasteiger partial charge in [-0.2, -0.15) is 12.6 Å². The molecule has 0 rings (SSSR count). The van der Waals surface area contributed by atoms with Gasteiger partial charge in [0.15, 0.2) is 0 Å². The second kappa shape index (κ2) is 7.75. The van der Waals surface area contributed by atoms with Crippen molar-refractivity contribution in [1.82, 2.24) is 4.90 Å². The van der Waals surface area contributed by atoms with Gasteiger partial charge in [0.2, 0.25) is 7.37 Å². The van der Waals surface area contributed by atoms with Crippen molar-refractivity contribution in [3.8, 4) is 0 Å². The van der Waals surface area contributed by atoms with Crippen LogP contribution in [0.3, 0.4) is 0 Å². The van der Waals surface area contributed by atoms with Crippen molar-refractivity contribution < 1.29 is 9.09 Å². The molecule has 0 N–H and O–H groups in total. The SMILES string of the molecule is CCN(CC)C(S)CP(C)(=O)OCC(C)C. The fourth-order valence-electron chi connectivity index (χ4n) is 1.42. The van der Waals surface area contributed by atoms with E-state index in [-0.39, 0.29) is 5.37 Å². The zero-order chi connectivity index (χ0) is 12.8. The molecule has 0 saturated carbocycles. The van der Waals surface area contributed by atoms with Crippen molar-refractivity contribution in [1.29, 1.82) is 0 Å². The number of hydrogen-bond donors (Lipinski definition) is 1. The number of rotatable bonds is 8. The molecular formula is C11H26NO2PS. The maximum atomic E-state index is 12.2. The van der Waals surface area contributed by atoms with E-state index < -0.39 is 7.37 Å². The van der Waals surface area contributed by atoms with Crippen LogP contribution < -0.4 is 0 Å². The minimum atomic E-state index is -2.50. The van der Waals surface area contributed by atoms with Crippen LogP contribution in [0, 0.1) is 5.92 Å². The van der Waals surface area contributed by atoms with Crippen molar-refractivity contribution >= 4 is 20.0 Å². The van der Waals surface area contributed by atoms with Gasteiger partial charge in [-0.25, -0.2) is 0 Å². The third-order valence-electron chi connectivity index (χ3n) is 2.41. The van der Waals surface area contributed by atoms with Crippen LogP contribution in [0.15, 0.2) is 0 Å². The first-order valence-corrected chi connectivity index (χ1v) is 8.73. The molecule has 16 heavy (non-hydrogen) atoms. The summed E-state index contributed by atoms with van der Waals surface area (Å²) in [7, 11) is -2.50. The molecule has 98 valence electrons. The van der Waals surface area contributed by atoms with Gasteiger partial charge in [0.25, 0.3) is 0 Å². The summed E-state index contributed by atoms with van der Waals surface area (Å²) < 4.78 is 17.6. The molecule has 0 aliphatic heterocycles. The fraction of sp³-hybridized carbons (Fsp3) is 1.00. The summed E-state index contributed by atoms with van der Waals surface area (Å²) in [6.07, 6.45) is 0.518. The normalized spacial score (nSPS) is 17.8. The van der Waals surface area contributed by atoms with Gasteiger partial charge in [0.05, 0.1) is 12.0 Å².